The number of thiazole rings is 1. The standard InChI is InChI=1S/C23H22N2O5S/c1-4-29-16-8-5-7-15(11-16)12-25-19(17-9-6-10-30-17)18(21(27)23(25)28)20(26)22-13(2)24-14(3)31-22/h5-11,19,27H,4,12H2,1-3H3. The number of Topliss-reactive ketones (excluding diaryl/α,β-unsaturated/α-hetero) is 1. The third-order valence-electron chi connectivity index (χ3n) is 5.03. The SMILES string of the molecule is CCOc1cccc(CN2C(=O)C(O)=C(C(=O)c3sc(C)nc3C)C2c2ccco2)c1. The Morgan fingerprint density at radius 1 is 1.29 bits per heavy atom. The summed E-state index contributed by atoms with van der Waals surface area (Å²) >= 11 is 1.24. The maximum absolute atomic E-state index is 13.4. The second-order valence-corrected chi connectivity index (χ2v) is 8.37. The number of furan rings is 1. The Kier molecular flexibility index (Phi) is 5.65. The first kappa shape index (κ1) is 20.9. The number of aromatic nitrogens is 1. The molecule has 0 saturated carbocycles. The van der Waals surface area contributed by atoms with Crippen LogP contribution in [0, 0.1) is 13.8 Å². The number of aliphatic hydroxyl groups is 1. The molecule has 8 heteroatoms. The predicted octanol–water partition coefficient (Wildman–Crippen LogP) is 4.53. The lowest BCUT2D eigenvalue weighted by molar-refractivity contribution is -0.130. The van der Waals surface area contributed by atoms with Crippen LogP contribution in [-0.2, 0) is 11.3 Å². The van der Waals surface area contributed by atoms with Crippen molar-refractivity contribution in [3.63, 3.8) is 0 Å². The lowest BCUT2D eigenvalue weighted by Crippen LogP contribution is -2.30. The van der Waals surface area contributed by atoms with Gasteiger partial charge in [0.2, 0.25) is 5.78 Å². The molecule has 7 nitrogen and oxygen atoms in total. The maximum Gasteiger partial charge on any atom is 0.290 e. The van der Waals surface area contributed by atoms with E-state index in [2.05, 4.69) is 4.98 Å². The van der Waals surface area contributed by atoms with E-state index in [1.165, 1.54) is 22.5 Å². The minimum Gasteiger partial charge on any atom is -0.503 e. The van der Waals surface area contributed by atoms with Crippen molar-refractivity contribution in [2.24, 2.45) is 0 Å². The smallest absolute Gasteiger partial charge is 0.290 e. The van der Waals surface area contributed by atoms with Crippen molar-refractivity contribution in [2.45, 2.75) is 33.4 Å². The Hall–Kier alpha value is -3.39. The molecule has 1 aliphatic heterocycles. The first-order valence-corrected chi connectivity index (χ1v) is 10.7. The second-order valence-electron chi connectivity index (χ2n) is 7.17. The van der Waals surface area contributed by atoms with Gasteiger partial charge < -0.3 is 19.2 Å². The number of hydrogen-bond donors (Lipinski definition) is 1. The van der Waals surface area contributed by atoms with E-state index in [0.29, 0.717) is 28.7 Å². The summed E-state index contributed by atoms with van der Waals surface area (Å²) in [5.74, 6) is -0.504. The van der Waals surface area contributed by atoms with Crippen LogP contribution >= 0.6 is 11.3 Å². The van der Waals surface area contributed by atoms with E-state index in [1.807, 2.05) is 38.1 Å². The molecule has 0 radical (unpaired) electrons. The van der Waals surface area contributed by atoms with Crippen molar-refractivity contribution >= 4 is 23.0 Å². The van der Waals surface area contributed by atoms with Crippen LogP contribution < -0.4 is 4.74 Å². The van der Waals surface area contributed by atoms with Gasteiger partial charge in [0, 0.05) is 6.54 Å². The molecule has 1 unspecified atom stereocenters. The average molecular weight is 439 g/mol. The lowest BCUT2D eigenvalue weighted by atomic mass is 9.99. The topological polar surface area (TPSA) is 92.9 Å². The second kappa shape index (κ2) is 8.39. The highest BCUT2D eigenvalue weighted by Crippen LogP contribution is 2.41. The van der Waals surface area contributed by atoms with Gasteiger partial charge in [-0.15, -0.1) is 11.3 Å². The van der Waals surface area contributed by atoms with Gasteiger partial charge in [-0.05, 0) is 50.6 Å². The highest BCUT2D eigenvalue weighted by molar-refractivity contribution is 7.14. The predicted molar refractivity (Wildman–Crippen MR) is 115 cm³/mol. The van der Waals surface area contributed by atoms with E-state index in [4.69, 9.17) is 9.15 Å². The molecule has 1 amide bonds. The number of benzene rings is 1. The molecule has 160 valence electrons. The van der Waals surface area contributed by atoms with Gasteiger partial charge in [0.25, 0.3) is 5.91 Å². The van der Waals surface area contributed by atoms with Crippen LogP contribution in [0.1, 0.15) is 44.7 Å². The molecule has 4 rings (SSSR count). The maximum atomic E-state index is 13.4. The van der Waals surface area contributed by atoms with Crippen LogP contribution in [-0.4, -0.2) is 33.3 Å². The summed E-state index contributed by atoms with van der Waals surface area (Å²) < 4.78 is 11.1. The van der Waals surface area contributed by atoms with E-state index in [1.54, 1.807) is 19.1 Å². The summed E-state index contributed by atoms with van der Waals surface area (Å²) in [5, 5.41) is 11.5. The largest absolute Gasteiger partial charge is 0.503 e. The summed E-state index contributed by atoms with van der Waals surface area (Å²) in [6.45, 7) is 6.14. The number of carbonyl (C=O) groups excluding carboxylic acids is 2. The molecule has 0 saturated heterocycles. The number of rotatable bonds is 7. The summed E-state index contributed by atoms with van der Waals surface area (Å²) in [7, 11) is 0. The van der Waals surface area contributed by atoms with Gasteiger partial charge >= 0.3 is 0 Å². The quantitative estimate of drug-likeness (QED) is 0.545. The van der Waals surface area contributed by atoms with Gasteiger partial charge in [0.1, 0.15) is 17.6 Å². The van der Waals surface area contributed by atoms with E-state index >= 15 is 0 Å². The van der Waals surface area contributed by atoms with Gasteiger partial charge in [-0.3, -0.25) is 9.59 Å². The first-order chi connectivity index (χ1) is 14.9. The van der Waals surface area contributed by atoms with Crippen molar-refractivity contribution in [3.05, 3.63) is 80.9 Å². The van der Waals surface area contributed by atoms with E-state index in [-0.39, 0.29) is 12.1 Å². The molecule has 1 aliphatic rings. The van der Waals surface area contributed by atoms with E-state index < -0.39 is 23.5 Å². The molecule has 0 bridgehead atoms. The highest BCUT2D eigenvalue weighted by Gasteiger charge is 2.45. The van der Waals surface area contributed by atoms with Crippen LogP contribution in [0.5, 0.6) is 5.75 Å². The Balaban J connectivity index is 1.74. The number of ether oxygens (including phenoxy) is 1. The van der Waals surface area contributed by atoms with Crippen molar-refractivity contribution in [3.8, 4) is 5.75 Å². The molecule has 0 aliphatic carbocycles. The van der Waals surface area contributed by atoms with Crippen molar-refractivity contribution in [2.75, 3.05) is 6.61 Å². The Bertz CT molecular complexity index is 1160. The van der Waals surface area contributed by atoms with Gasteiger partial charge in [0.15, 0.2) is 5.76 Å². The third kappa shape index (κ3) is 3.86. The fraction of sp³-hybridized carbons (Fsp3) is 0.261. The highest BCUT2D eigenvalue weighted by atomic mass is 32.1. The minimum atomic E-state index is -0.840. The molecule has 1 atom stereocenters. The Morgan fingerprint density at radius 2 is 2.10 bits per heavy atom. The lowest BCUT2D eigenvalue weighted by Gasteiger charge is -2.25. The molecular formula is C23H22N2O5S. The number of ketones is 1. The molecule has 1 aromatic carbocycles. The molecule has 0 fully saturated rings. The van der Waals surface area contributed by atoms with Gasteiger partial charge in [-0.1, -0.05) is 12.1 Å². The fourth-order valence-electron chi connectivity index (χ4n) is 3.75. The molecule has 3 heterocycles. The van der Waals surface area contributed by atoms with E-state index in [0.717, 1.165) is 10.6 Å². The van der Waals surface area contributed by atoms with Gasteiger partial charge in [-0.25, -0.2) is 4.98 Å². The number of nitrogens with zero attached hydrogens (tertiary/aromatic N) is 2. The van der Waals surface area contributed by atoms with Crippen LogP contribution in [0.4, 0.5) is 0 Å². The van der Waals surface area contributed by atoms with Crippen LogP contribution in [0.3, 0.4) is 0 Å². The zero-order chi connectivity index (χ0) is 22.1. The number of carbonyl (C=O) groups is 2. The summed E-state index contributed by atoms with van der Waals surface area (Å²) in [5.41, 5.74) is 1.39. The Morgan fingerprint density at radius 3 is 2.74 bits per heavy atom. The Labute approximate surface area is 183 Å². The third-order valence-corrected chi connectivity index (χ3v) is 6.10. The van der Waals surface area contributed by atoms with Gasteiger partial charge in [-0.2, -0.15) is 0 Å². The number of aliphatic hydroxyl groups excluding tert-OH is 1. The van der Waals surface area contributed by atoms with Crippen molar-refractivity contribution in [1.29, 1.82) is 0 Å². The monoisotopic (exact) mass is 438 g/mol. The van der Waals surface area contributed by atoms with Crippen LogP contribution in [0.2, 0.25) is 0 Å². The van der Waals surface area contributed by atoms with E-state index in [9.17, 15) is 14.7 Å². The van der Waals surface area contributed by atoms with Crippen LogP contribution in [0.25, 0.3) is 0 Å². The summed E-state index contributed by atoms with van der Waals surface area (Å²) in [6, 6.07) is 9.92. The zero-order valence-corrected chi connectivity index (χ0v) is 18.2. The van der Waals surface area contributed by atoms with Crippen molar-refractivity contribution < 1.29 is 23.8 Å². The first-order valence-electron chi connectivity index (χ1n) is 9.88. The molecular weight excluding hydrogens is 416 g/mol. The minimum absolute atomic E-state index is 0.00710. The average Bonchev–Trinajstić information content (AvgIpc) is 3.43. The summed E-state index contributed by atoms with van der Waals surface area (Å²) in [4.78, 5) is 32.6. The number of amides is 1. The van der Waals surface area contributed by atoms with Crippen molar-refractivity contribution in [1.82, 2.24) is 9.88 Å². The van der Waals surface area contributed by atoms with Crippen LogP contribution in [0.15, 0.2) is 58.4 Å². The van der Waals surface area contributed by atoms with Gasteiger partial charge in [0.05, 0.1) is 34.0 Å². The molecule has 1 N–H and O–H groups in total. The molecule has 2 aromatic heterocycles. The number of aryl methyl sites for hydroxylation is 2. The normalized spacial score (nSPS) is 16.3. The fourth-order valence-corrected chi connectivity index (χ4v) is 4.63. The number of hydrogen-bond acceptors (Lipinski definition) is 7. The molecule has 3 aromatic rings. The summed E-state index contributed by atoms with van der Waals surface area (Å²) in [6.07, 6.45) is 1.48. The molecule has 0 spiro atoms. The zero-order valence-electron chi connectivity index (χ0n) is 17.4. The molecule has 31 heavy (non-hydrogen) atoms.